The normalized spacial score (nSPS) is 10.5. The first kappa shape index (κ1) is 16.1. The van der Waals surface area contributed by atoms with Gasteiger partial charge in [-0.05, 0) is 31.2 Å². The van der Waals surface area contributed by atoms with Crippen molar-refractivity contribution in [1.82, 2.24) is 4.98 Å². The largest absolute Gasteiger partial charge is 0.497 e. The highest BCUT2D eigenvalue weighted by molar-refractivity contribution is 7.09. The van der Waals surface area contributed by atoms with E-state index in [0.717, 1.165) is 16.3 Å². The van der Waals surface area contributed by atoms with Gasteiger partial charge in [-0.3, -0.25) is 4.79 Å². The molecule has 0 spiro atoms. The molecule has 0 aliphatic rings. The van der Waals surface area contributed by atoms with E-state index < -0.39 is 11.7 Å². The Bertz CT molecular complexity index is 875. The van der Waals surface area contributed by atoms with Crippen LogP contribution in [0.2, 0.25) is 0 Å². The monoisotopic (exact) mass is 342 g/mol. The molecule has 1 heterocycles. The first-order valence-electron chi connectivity index (χ1n) is 7.24. The van der Waals surface area contributed by atoms with E-state index >= 15 is 0 Å². The molecule has 1 aromatic heterocycles. The summed E-state index contributed by atoms with van der Waals surface area (Å²) in [6.07, 6.45) is 0. The lowest BCUT2D eigenvalue weighted by molar-refractivity contribution is 0.102. The molecule has 0 atom stereocenters. The standard InChI is InChI=1S/C18H15FN2O2S/c1-11-20-17(10-24-11)12-3-5-13(6-4-12)21-18(22)15-8-7-14(23-2)9-16(15)19/h3-10H,1-2H3,(H,21,22). The quantitative estimate of drug-likeness (QED) is 0.758. The van der Waals surface area contributed by atoms with E-state index in [1.165, 1.54) is 19.2 Å². The summed E-state index contributed by atoms with van der Waals surface area (Å²) in [6, 6.07) is 11.4. The van der Waals surface area contributed by atoms with Gasteiger partial charge in [0.15, 0.2) is 0 Å². The average molecular weight is 342 g/mol. The molecule has 0 radical (unpaired) electrons. The number of methoxy groups -OCH3 is 1. The van der Waals surface area contributed by atoms with Crippen molar-refractivity contribution in [2.24, 2.45) is 0 Å². The molecule has 122 valence electrons. The maximum Gasteiger partial charge on any atom is 0.258 e. The molecule has 0 saturated heterocycles. The van der Waals surface area contributed by atoms with E-state index in [-0.39, 0.29) is 5.56 Å². The van der Waals surface area contributed by atoms with Crippen LogP contribution < -0.4 is 10.1 Å². The summed E-state index contributed by atoms with van der Waals surface area (Å²) in [5, 5.41) is 5.66. The van der Waals surface area contributed by atoms with Crippen LogP contribution in [0.3, 0.4) is 0 Å². The summed E-state index contributed by atoms with van der Waals surface area (Å²) in [4.78, 5) is 16.6. The Morgan fingerprint density at radius 1 is 1.21 bits per heavy atom. The van der Waals surface area contributed by atoms with E-state index in [4.69, 9.17) is 4.74 Å². The number of nitrogens with one attached hydrogen (secondary N) is 1. The van der Waals surface area contributed by atoms with Gasteiger partial charge >= 0.3 is 0 Å². The van der Waals surface area contributed by atoms with Gasteiger partial charge in [0, 0.05) is 22.7 Å². The predicted molar refractivity (Wildman–Crippen MR) is 93.2 cm³/mol. The highest BCUT2D eigenvalue weighted by atomic mass is 32.1. The molecule has 4 nitrogen and oxygen atoms in total. The van der Waals surface area contributed by atoms with Crippen LogP contribution in [0.5, 0.6) is 5.75 Å². The number of hydrogen-bond acceptors (Lipinski definition) is 4. The second kappa shape index (κ2) is 6.80. The highest BCUT2D eigenvalue weighted by Gasteiger charge is 2.13. The fraction of sp³-hybridized carbons (Fsp3) is 0.111. The van der Waals surface area contributed by atoms with Crippen molar-refractivity contribution in [3.05, 3.63) is 64.2 Å². The highest BCUT2D eigenvalue weighted by Crippen LogP contribution is 2.24. The van der Waals surface area contributed by atoms with E-state index in [2.05, 4.69) is 10.3 Å². The summed E-state index contributed by atoms with van der Waals surface area (Å²) < 4.78 is 18.9. The van der Waals surface area contributed by atoms with E-state index in [1.807, 2.05) is 24.4 Å². The number of carbonyl (C=O) groups excluding carboxylic acids is 1. The van der Waals surface area contributed by atoms with Crippen LogP contribution in [0.4, 0.5) is 10.1 Å². The van der Waals surface area contributed by atoms with Crippen molar-refractivity contribution in [1.29, 1.82) is 0 Å². The smallest absolute Gasteiger partial charge is 0.258 e. The summed E-state index contributed by atoms with van der Waals surface area (Å²) in [5.41, 5.74) is 2.42. The zero-order valence-electron chi connectivity index (χ0n) is 13.2. The maximum atomic E-state index is 13.9. The van der Waals surface area contributed by atoms with Crippen LogP contribution in [0.25, 0.3) is 11.3 Å². The first-order chi connectivity index (χ1) is 11.6. The number of anilines is 1. The van der Waals surface area contributed by atoms with Gasteiger partial charge in [-0.25, -0.2) is 9.37 Å². The molecular formula is C18H15FN2O2S. The molecular weight excluding hydrogens is 327 g/mol. The van der Waals surface area contributed by atoms with Crippen molar-refractivity contribution >= 4 is 22.9 Å². The van der Waals surface area contributed by atoms with E-state index in [0.29, 0.717) is 11.4 Å². The second-order valence-corrected chi connectivity index (χ2v) is 6.19. The molecule has 2 aromatic carbocycles. The molecule has 3 rings (SSSR count). The number of aryl methyl sites for hydroxylation is 1. The average Bonchev–Trinajstić information content (AvgIpc) is 3.01. The van der Waals surface area contributed by atoms with E-state index in [1.54, 1.807) is 29.5 Å². The van der Waals surface area contributed by atoms with Crippen molar-refractivity contribution in [2.75, 3.05) is 12.4 Å². The van der Waals surface area contributed by atoms with Crippen molar-refractivity contribution < 1.29 is 13.9 Å². The van der Waals surface area contributed by atoms with Crippen LogP contribution in [0, 0.1) is 12.7 Å². The summed E-state index contributed by atoms with van der Waals surface area (Å²) >= 11 is 1.58. The van der Waals surface area contributed by atoms with Gasteiger partial charge in [0.05, 0.1) is 23.4 Å². The van der Waals surface area contributed by atoms with Crippen LogP contribution in [0.1, 0.15) is 15.4 Å². The third-order valence-corrected chi connectivity index (χ3v) is 4.25. The number of rotatable bonds is 4. The van der Waals surface area contributed by atoms with Gasteiger partial charge in [-0.1, -0.05) is 12.1 Å². The van der Waals surface area contributed by atoms with Crippen LogP contribution in [-0.2, 0) is 0 Å². The fourth-order valence-corrected chi connectivity index (χ4v) is 2.85. The molecule has 0 unspecified atom stereocenters. The van der Waals surface area contributed by atoms with Crippen LogP contribution in [-0.4, -0.2) is 18.0 Å². The predicted octanol–water partition coefficient (Wildman–Crippen LogP) is 4.52. The zero-order chi connectivity index (χ0) is 17.1. The Balaban J connectivity index is 1.75. The zero-order valence-corrected chi connectivity index (χ0v) is 14.0. The molecule has 0 aliphatic heterocycles. The van der Waals surface area contributed by atoms with Crippen molar-refractivity contribution in [2.45, 2.75) is 6.92 Å². The second-order valence-electron chi connectivity index (χ2n) is 5.13. The van der Waals surface area contributed by atoms with Gasteiger partial charge in [0.2, 0.25) is 0 Å². The lowest BCUT2D eigenvalue weighted by Gasteiger charge is -2.08. The van der Waals surface area contributed by atoms with Crippen LogP contribution >= 0.6 is 11.3 Å². The molecule has 24 heavy (non-hydrogen) atoms. The van der Waals surface area contributed by atoms with E-state index in [9.17, 15) is 9.18 Å². The Labute approximate surface area is 142 Å². The SMILES string of the molecule is COc1ccc(C(=O)Nc2ccc(-c3csc(C)n3)cc2)c(F)c1. The maximum absolute atomic E-state index is 13.9. The topological polar surface area (TPSA) is 51.2 Å². The minimum Gasteiger partial charge on any atom is -0.497 e. The molecule has 1 N–H and O–H groups in total. The third kappa shape index (κ3) is 3.44. The van der Waals surface area contributed by atoms with Gasteiger partial charge in [0.1, 0.15) is 11.6 Å². The van der Waals surface area contributed by atoms with Crippen LogP contribution in [0.15, 0.2) is 47.8 Å². The molecule has 3 aromatic rings. The molecule has 0 saturated carbocycles. The Morgan fingerprint density at radius 2 is 1.96 bits per heavy atom. The van der Waals surface area contributed by atoms with Gasteiger partial charge in [-0.2, -0.15) is 0 Å². The number of benzene rings is 2. The number of ether oxygens (including phenoxy) is 1. The number of nitrogens with zero attached hydrogens (tertiary/aromatic N) is 1. The molecule has 0 aliphatic carbocycles. The number of halogens is 1. The molecule has 0 fully saturated rings. The Hall–Kier alpha value is -2.73. The summed E-state index contributed by atoms with van der Waals surface area (Å²) in [7, 11) is 1.44. The minimum absolute atomic E-state index is 0.0324. The molecule has 6 heteroatoms. The fourth-order valence-electron chi connectivity index (χ4n) is 2.23. The Morgan fingerprint density at radius 3 is 2.54 bits per heavy atom. The lowest BCUT2D eigenvalue weighted by Crippen LogP contribution is -2.13. The number of amides is 1. The lowest BCUT2D eigenvalue weighted by atomic mass is 10.1. The number of aromatic nitrogens is 1. The third-order valence-electron chi connectivity index (χ3n) is 3.48. The first-order valence-corrected chi connectivity index (χ1v) is 8.12. The van der Waals surface area contributed by atoms with Crippen molar-refractivity contribution in [3.63, 3.8) is 0 Å². The summed E-state index contributed by atoms with van der Waals surface area (Å²) in [5.74, 6) is -0.763. The molecule has 0 bridgehead atoms. The van der Waals surface area contributed by atoms with Gasteiger partial charge < -0.3 is 10.1 Å². The number of thiazole rings is 1. The Kier molecular flexibility index (Phi) is 4.57. The number of hydrogen-bond donors (Lipinski definition) is 1. The van der Waals surface area contributed by atoms with Gasteiger partial charge in [0.25, 0.3) is 5.91 Å². The van der Waals surface area contributed by atoms with Crippen molar-refractivity contribution in [3.8, 4) is 17.0 Å². The number of carbonyl (C=O) groups is 1. The minimum atomic E-state index is -0.624. The summed E-state index contributed by atoms with van der Waals surface area (Å²) in [6.45, 7) is 1.95. The molecule has 1 amide bonds. The van der Waals surface area contributed by atoms with Gasteiger partial charge in [-0.15, -0.1) is 11.3 Å².